The van der Waals surface area contributed by atoms with Crippen molar-refractivity contribution in [3.05, 3.63) is 29.3 Å². The van der Waals surface area contributed by atoms with Crippen LogP contribution in [-0.2, 0) is 14.8 Å². The van der Waals surface area contributed by atoms with Crippen molar-refractivity contribution in [2.75, 3.05) is 19.8 Å². The van der Waals surface area contributed by atoms with E-state index in [-0.39, 0.29) is 31.0 Å². The summed E-state index contributed by atoms with van der Waals surface area (Å²) in [6.45, 7) is 2.60. The Morgan fingerprint density at radius 1 is 1.17 bits per heavy atom. The van der Waals surface area contributed by atoms with Crippen molar-refractivity contribution in [3.63, 3.8) is 0 Å². The molecule has 130 valence electrons. The average Bonchev–Trinajstić information content (AvgIpc) is 2.47. The van der Waals surface area contributed by atoms with Crippen LogP contribution in [0.2, 0.25) is 0 Å². The molecule has 1 aliphatic rings. The Morgan fingerprint density at radius 3 is 2.30 bits per heavy atom. The molecule has 0 unspecified atom stereocenters. The minimum Gasteiger partial charge on any atom is -0.381 e. The lowest BCUT2D eigenvalue weighted by Gasteiger charge is -2.33. The number of benzene rings is 1. The van der Waals surface area contributed by atoms with Crippen molar-refractivity contribution >= 4 is 10.0 Å². The Hall–Kier alpha value is -1.12. The predicted octanol–water partition coefficient (Wildman–Crippen LogP) is 3.04. The number of nitrogens with zero attached hydrogens (tertiary/aromatic N) is 1. The number of sulfonamides is 1. The quantitative estimate of drug-likeness (QED) is 0.838. The number of hydrogen-bond donors (Lipinski definition) is 0. The molecule has 1 saturated heterocycles. The Kier molecular flexibility index (Phi) is 5.37. The Bertz CT molecular complexity index is 652. The van der Waals surface area contributed by atoms with Crippen LogP contribution >= 0.6 is 0 Å². The van der Waals surface area contributed by atoms with E-state index >= 15 is 0 Å². The third kappa shape index (κ3) is 4.45. The van der Waals surface area contributed by atoms with Crippen LogP contribution in [0.25, 0.3) is 0 Å². The molecule has 1 fully saturated rings. The molecule has 4 nitrogen and oxygen atoms in total. The number of rotatable bonds is 4. The summed E-state index contributed by atoms with van der Waals surface area (Å²) in [6, 6.07) is 3.70. The lowest BCUT2D eigenvalue weighted by atomic mass is 10.1. The van der Waals surface area contributed by atoms with Crippen LogP contribution < -0.4 is 0 Å². The van der Waals surface area contributed by atoms with Crippen molar-refractivity contribution in [2.45, 2.75) is 43.8 Å². The maximum atomic E-state index is 12.9. The van der Waals surface area contributed by atoms with Crippen molar-refractivity contribution in [1.29, 1.82) is 0 Å². The van der Waals surface area contributed by atoms with Crippen LogP contribution in [-0.4, -0.2) is 44.7 Å². The van der Waals surface area contributed by atoms with E-state index in [9.17, 15) is 21.6 Å². The Balaban J connectivity index is 2.40. The Morgan fingerprint density at radius 2 is 1.78 bits per heavy atom. The van der Waals surface area contributed by atoms with E-state index in [0.717, 1.165) is 11.1 Å². The van der Waals surface area contributed by atoms with Gasteiger partial charge in [0.05, 0.1) is 4.90 Å². The van der Waals surface area contributed by atoms with Crippen molar-refractivity contribution < 1.29 is 26.3 Å². The number of aryl methyl sites for hydroxylation is 2. The zero-order valence-electron chi connectivity index (χ0n) is 13.1. The summed E-state index contributed by atoms with van der Waals surface area (Å²) in [5.74, 6) is 0. The molecule has 23 heavy (non-hydrogen) atoms. The minimum atomic E-state index is -4.59. The summed E-state index contributed by atoms with van der Waals surface area (Å²) in [5, 5.41) is 0. The molecular weight excluding hydrogens is 331 g/mol. The summed E-state index contributed by atoms with van der Waals surface area (Å²) in [5.41, 5.74) is 1.61. The van der Waals surface area contributed by atoms with Crippen LogP contribution in [0.3, 0.4) is 0 Å². The first-order chi connectivity index (χ1) is 10.6. The second-order valence-electron chi connectivity index (χ2n) is 5.76. The van der Waals surface area contributed by atoms with Crippen LogP contribution in [0, 0.1) is 13.8 Å². The van der Waals surface area contributed by atoms with E-state index in [1.807, 2.05) is 6.92 Å². The van der Waals surface area contributed by atoms with E-state index < -0.39 is 28.8 Å². The molecule has 1 aliphatic heterocycles. The fourth-order valence-electron chi connectivity index (χ4n) is 2.57. The zero-order valence-corrected chi connectivity index (χ0v) is 13.9. The fourth-order valence-corrected chi connectivity index (χ4v) is 4.33. The molecule has 0 aliphatic carbocycles. The van der Waals surface area contributed by atoms with Crippen molar-refractivity contribution in [3.8, 4) is 0 Å². The summed E-state index contributed by atoms with van der Waals surface area (Å²) < 4.78 is 70.0. The summed E-state index contributed by atoms with van der Waals surface area (Å²) >= 11 is 0. The van der Waals surface area contributed by atoms with Gasteiger partial charge in [-0.1, -0.05) is 6.07 Å². The van der Waals surface area contributed by atoms with Gasteiger partial charge in [-0.15, -0.1) is 0 Å². The van der Waals surface area contributed by atoms with Gasteiger partial charge in [-0.05, 0) is 49.9 Å². The van der Waals surface area contributed by atoms with Gasteiger partial charge in [0.15, 0.2) is 0 Å². The van der Waals surface area contributed by atoms with E-state index in [4.69, 9.17) is 4.74 Å². The lowest BCUT2D eigenvalue weighted by Crippen LogP contribution is -2.47. The first-order valence-corrected chi connectivity index (χ1v) is 8.79. The van der Waals surface area contributed by atoms with Gasteiger partial charge in [-0.3, -0.25) is 0 Å². The smallest absolute Gasteiger partial charge is 0.381 e. The lowest BCUT2D eigenvalue weighted by molar-refractivity contribution is -0.141. The second-order valence-corrected chi connectivity index (χ2v) is 7.65. The van der Waals surface area contributed by atoms with Gasteiger partial charge in [-0.2, -0.15) is 17.5 Å². The van der Waals surface area contributed by atoms with Crippen molar-refractivity contribution in [2.24, 2.45) is 0 Å². The van der Waals surface area contributed by atoms with E-state index in [2.05, 4.69) is 0 Å². The van der Waals surface area contributed by atoms with Gasteiger partial charge in [0.2, 0.25) is 10.0 Å². The van der Waals surface area contributed by atoms with E-state index in [1.54, 1.807) is 13.0 Å². The molecule has 0 N–H and O–H groups in total. The van der Waals surface area contributed by atoms with Crippen molar-refractivity contribution in [1.82, 2.24) is 4.31 Å². The third-order valence-corrected chi connectivity index (χ3v) is 5.91. The molecule has 8 heteroatoms. The van der Waals surface area contributed by atoms with Crippen LogP contribution in [0.5, 0.6) is 0 Å². The molecule has 1 heterocycles. The van der Waals surface area contributed by atoms with Crippen LogP contribution in [0.15, 0.2) is 23.1 Å². The molecule has 1 aromatic rings. The second kappa shape index (κ2) is 6.78. The molecule has 0 atom stereocenters. The molecule has 0 saturated carbocycles. The number of halogens is 3. The highest BCUT2D eigenvalue weighted by atomic mass is 32.2. The van der Waals surface area contributed by atoms with Crippen LogP contribution in [0.4, 0.5) is 13.2 Å². The summed E-state index contributed by atoms with van der Waals surface area (Å²) in [7, 11) is -4.22. The predicted molar refractivity (Wildman–Crippen MR) is 79.7 cm³/mol. The number of ether oxygens (including phenoxy) is 1. The number of hydrogen-bond acceptors (Lipinski definition) is 3. The first-order valence-electron chi connectivity index (χ1n) is 7.35. The molecule has 0 bridgehead atoms. The molecule has 2 rings (SSSR count). The van der Waals surface area contributed by atoms with Gasteiger partial charge < -0.3 is 4.74 Å². The molecule has 1 aromatic carbocycles. The number of alkyl halides is 3. The van der Waals surface area contributed by atoms with Gasteiger partial charge in [0.1, 0.15) is 6.54 Å². The molecule has 0 radical (unpaired) electrons. The fraction of sp³-hybridized carbons (Fsp3) is 0.600. The van der Waals surface area contributed by atoms with Gasteiger partial charge in [0.25, 0.3) is 0 Å². The van der Waals surface area contributed by atoms with Gasteiger partial charge in [-0.25, -0.2) is 8.42 Å². The Labute approximate surface area is 134 Å². The normalized spacial score (nSPS) is 17.7. The highest BCUT2D eigenvalue weighted by Gasteiger charge is 2.41. The molecule has 0 spiro atoms. The van der Waals surface area contributed by atoms with E-state index in [0.29, 0.717) is 4.31 Å². The maximum Gasteiger partial charge on any atom is 0.402 e. The van der Waals surface area contributed by atoms with Gasteiger partial charge >= 0.3 is 6.18 Å². The molecule has 0 aromatic heterocycles. The maximum absolute atomic E-state index is 12.9. The van der Waals surface area contributed by atoms with Gasteiger partial charge in [0, 0.05) is 19.3 Å². The largest absolute Gasteiger partial charge is 0.402 e. The minimum absolute atomic E-state index is 0.101. The standard InChI is InChI=1S/C15H20F3NO3S/c1-11-3-4-14(9-12(11)2)23(20,21)19(10-15(16,17)18)13-5-7-22-8-6-13/h3-4,9,13H,5-8,10H2,1-2H3. The summed E-state index contributed by atoms with van der Waals surface area (Å²) in [4.78, 5) is -0.101. The third-order valence-electron chi connectivity index (χ3n) is 4.02. The molecular formula is C15H20F3NO3S. The average molecular weight is 351 g/mol. The monoisotopic (exact) mass is 351 g/mol. The van der Waals surface area contributed by atoms with Crippen LogP contribution in [0.1, 0.15) is 24.0 Å². The highest BCUT2D eigenvalue weighted by Crippen LogP contribution is 2.29. The highest BCUT2D eigenvalue weighted by molar-refractivity contribution is 7.89. The molecule has 0 amide bonds. The van der Waals surface area contributed by atoms with E-state index in [1.165, 1.54) is 12.1 Å². The topological polar surface area (TPSA) is 46.6 Å². The first kappa shape index (κ1) is 18.2. The summed E-state index contributed by atoms with van der Waals surface area (Å²) in [6.07, 6.45) is -4.06. The zero-order chi connectivity index (χ0) is 17.3. The SMILES string of the molecule is Cc1ccc(S(=O)(=O)N(CC(F)(F)F)C2CCOCC2)cc1C.